The molecule has 0 atom stereocenters. The molecule has 6 nitrogen and oxygen atoms in total. The molecule has 0 saturated carbocycles. The molecule has 1 aromatic carbocycles. The first-order valence-corrected chi connectivity index (χ1v) is 6.96. The normalized spacial score (nSPS) is 10.2. The summed E-state index contributed by atoms with van der Waals surface area (Å²) in [6, 6.07) is 7.30. The molecule has 1 N–H and O–H groups in total. The van der Waals surface area contributed by atoms with Crippen molar-refractivity contribution in [2.45, 2.75) is 6.92 Å². The van der Waals surface area contributed by atoms with E-state index in [1.54, 1.807) is 20.2 Å². The van der Waals surface area contributed by atoms with Crippen LogP contribution < -0.4 is 15.0 Å². The van der Waals surface area contributed by atoms with Gasteiger partial charge in [0.15, 0.2) is 0 Å². The maximum absolute atomic E-state index is 12.3. The highest BCUT2D eigenvalue weighted by molar-refractivity contribution is 7.17. The molecular formula is C13H16N4O2S. The average molecular weight is 292 g/mol. The number of anilines is 2. The smallest absolute Gasteiger partial charge is 0.289 e. The van der Waals surface area contributed by atoms with Crippen molar-refractivity contribution in [3.05, 3.63) is 29.3 Å². The lowest BCUT2D eigenvalue weighted by atomic mass is 10.3. The zero-order chi connectivity index (χ0) is 14.5. The Morgan fingerprint density at radius 3 is 2.95 bits per heavy atom. The molecule has 0 fully saturated rings. The Morgan fingerprint density at radius 2 is 2.25 bits per heavy atom. The first-order chi connectivity index (χ1) is 9.65. The Kier molecular flexibility index (Phi) is 4.52. The first-order valence-electron chi connectivity index (χ1n) is 6.15. The number of methoxy groups -OCH3 is 1. The minimum atomic E-state index is -0.195. The monoisotopic (exact) mass is 292 g/mol. The van der Waals surface area contributed by atoms with Crippen LogP contribution in [-0.4, -0.2) is 36.8 Å². The average Bonchev–Trinajstić information content (AvgIpc) is 2.95. The Labute approximate surface area is 121 Å². The van der Waals surface area contributed by atoms with Gasteiger partial charge in [0.05, 0.1) is 7.11 Å². The van der Waals surface area contributed by atoms with E-state index >= 15 is 0 Å². The molecule has 1 amide bonds. The van der Waals surface area contributed by atoms with E-state index in [9.17, 15) is 4.79 Å². The molecule has 0 aliphatic rings. The predicted octanol–water partition coefficient (Wildman–Crippen LogP) is 2.26. The highest BCUT2D eigenvalue weighted by Crippen LogP contribution is 2.23. The van der Waals surface area contributed by atoms with Gasteiger partial charge in [-0.3, -0.25) is 4.79 Å². The van der Waals surface area contributed by atoms with Crippen LogP contribution in [0.15, 0.2) is 24.3 Å². The number of hydrogen-bond donors (Lipinski definition) is 1. The van der Waals surface area contributed by atoms with E-state index in [0.29, 0.717) is 15.9 Å². The summed E-state index contributed by atoms with van der Waals surface area (Å²) in [5.41, 5.74) is 0.745. The van der Waals surface area contributed by atoms with E-state index in [2.05, 4.69) is 15.5 Å². The lowest BCUT2D eigenvalue weighted by Crippen LogP contribution is -2.26. The van der Waals surface area contributed by atoms with Gasteiger partial charge in [-0.2, -0.15) is 0 Å². The lowest BCUT2D eigenvalue weighted by molar-refractivity contribution is 0.0992. The Hall–Kier alpha value is -2.15. The first kappa shape index (κ1) is 14.3. The van der Waals surface area contributed by atoms with Gasteiger partial charge < -0.3 is 15.0 Å². The summed E-state index contributed by atoms with van der Waals surface area (Å²) in [6.07, 6.45) is 0. The second-order valence-corrected chi connectivity index (χ2v) is 4.99. The zero-order valence-electron chi connectivity index (χ0n) is 11.6. The van der Waals surface area contributed by atoms with Crippen LogP contribution in [0.2, 0.25) is 0 Å². The fourth-order valence-corrected chi connectivity index (χ4v) is 2.40. The highest BCUT2D eigenvalue weighted by Gasteiger charge is 2.18. The van der Waals surface area contributed by atoms with Gasteiger partial charge >= 0.3 is 0 Å². The van der Waals surface area contributed by atoms with E-state index in [1.807, 2.05) is 25.1 Å². The number of aromatic nitrogens is 2. The van der Waals surface area contributed by atoms with Crippen molar-refractivity contribution in [3.8, 4) is 5.75 Å². The van der Waals surface area contributed by atoms with Crippen molar-refractivity contribution >= 4 is 28.1 Å². The molecule has 0 radical (unpaired) electrons. The number of carbonyl (C=O) groups excluding carboxylic acids is 1. The summed E-state index contributed by atoms with van der Waals surface area (Å²) in [5.74, 6) is 0.507. The summed E-state index contributed by atoms with van der Waals surface area (Å²) in [5, 5.41) is 11.9. The van der Waals surface area contributed by atoms with Gasteiger partial charge in [0.2, 0.25) is 10.1 Å². The number of nitrogens with one attached hydrogen (secondary N) is 1. The number of rotatable bonds is 5. The Morgan fingerprint density at radius 1 is 1.45 bits per heavy atom. The van der Waals surface area contributed by atoms with E-state index in [0.717, 1.165) is 12.2 Å². The molecule has 1 aromatic heterocycles. The summed E-state index contributed by atoms with van der Waals surface area (Å²) in [6.45, 7) is 2.71. The van der Waals surface area contributed by atoms with Crippen molar-refractivity contribution < 1.29 is 9.53 Å². The van der Waals surface area contributed by atoms with E-state index in [1.165, 1.54) is 16.2 Å². The molecule has 0 aliphatic heterocycles. The third-order valence-electron chi connectivity index (χ3n) is 2.68. The van der Waals surface area contributed by atoms with Crippen molar-refractivity contribution in [2.24, 2.45) is 0 Å². The molecule has 0 spiro atoms. The van der Waals surface area contributed by atoms with Crippen molar-refractivity contribution in [1.29, 1.82) is 0 Å². The van der Waals surface area contributed by atoms with Crippen LogP contribution in [0.1, 0.15) is 16.7 Å². The fraction of sp³-hybridized carbons (Fsp3) is 0.308. The molecule has 0 bridgehead atoms. The SMILES string of the molecule is CCNc1nnc(C(=O)N(C)c2cccc(OC)c2)s1. The third kappa shape index (κ3) is 3.05. The summed E-state index contributed by atoms with van der Waals surface area (Å²) in [7, 11) is 3.29. The van der Waals surface area contributed by atoms with Gasteiger partial charge in [0, 0.05) is 25.3 Å². The topological polar surface area (TPSA) is 67.4 Å². The van der Waals surface area contributed by atoms with Gasteiger partial charge in [-0.15, -0.1) is 10.2 Å². The highest BCUT2D eigenvalue weighted by atomic mass is 32.1. The number of hydrogen-bond acceptors (Lipinski definition) is 6. The Bertz CT molecular complexity index is 600. The largest absolute Gasteiger partial charge is 0.497 e. The van der Waals surface area contributed by atoms with Crippen LogP contribution in [0, 0.1) is 0 Å². The van der Waals surface area contributed by atoms with Crippen LogP contribution >= 0.6 is 11.3 Å². The third-order valence-corrected chi connectivity index (χ3v) is 3.55. The molecule has 20 heavy (non-hydrogen) atoms. The van der Waals surface area contributed by atoms with Crippen LogP contribution in [0.3, 0.4) is 0 Å². The Balaban J connectivity index is 2.18. The number of ether oxygens (including phenoxy) is 1. The molecule has 1 heterocycles. The summed E-state index contributed by atoms with van der Waals surface area (Å²) >= 11 is 1.24. The van der Waals surface area contributed by atoms with Gasteiger partial charge in [0.25, 0.3) is 5.91 Å². The van der Waals surface area contributed by atoms with Crippen molar-refractivity contribution in [1.82, 2.24) is 10.2 Å². The zero-order valence-corrected chi connectivity index (χ0v) is 12.4. The molecule has 0 aliphatic carbocycles. The van der Waals surface area contributed by atoms with Crippen molar-refractivity contribution in [2.75, 3.05) is 30.9 Å². The number of carbonyl (C=O) groups is 1. The number of nitrogens with zero attached hydrogens (tertiary/aromatic N) is 3. The van der Waals surface area contributed by atoms with Gasteiger partial charge in [-0.25, -0.2) is 0 Å². The minimum absolute atomic E-state index is 0.195. The lowest BCUT2D eigenvalue weighted by Gasteiger charge is -2.16. The van der Waals surface area contributed by atoms with Crippen LogP contribution in [0.25, 0.3) is 0 Å². The predicted molar refractivity (Wildman–Crippen MR) is 79.8 cm³/mol. The van der Waals surface area contributed by atoms with E-state index < -0.39 is 0 Å². The van der Waals surface area contributed by atoms with Gasteiger partial charge in [0.1, 0.15) is 5.75 Å². The molecule has 0 saturated heterocycles. The second-order valence-electron chi connectivity index (χ2n) is 4.01. The maximum Gasteiger partial charge on any atom is 0.289 e. The van der Waals surface area contributed by atoms with Crippen LogP contribution in [0.4, 0.5) is 10.8 Å². The number of benzene rings is 1. The van der Waals surface area contributed by atoms with Gasteiger partial charge in [-0.05, 0) is 19.1 Å². The standard InChI is InChI=1S/C13H16N4O2S/c1-4-14-13-16-15-11(20-13)12(18)17(2)9-6-5-7-10(8-9)19-3/h5-8H,4H2,1-3H3,(H,14,16). The summed E-state index contributed by atoms with van der Waals surface area (Å²) in [4.78, 5) is 13.9. The number of amides is 1. The maximum atomic E-state index is 12.3. The molecular weight excluding hydrogens is 276 g/mol. The van der Waals surface area contributed by atoms with E-state index in [-0.39, 0.29) is 5.91 Å². The quantitative estimate of drug-likeness (QED) is 0.915. The fourth-order valence-electron chi connectivity index (χ4n) is 1.61. The molecule has 2 aromatic rings. The van der Waals surface area contributed by atoms with Crippen LogP contribution in [0.5, 0.6) is 5.75 Å². The van der Waals surface area contributed by atoms with Crippen molar-refractivity contribution in [3.63, 3.8) is 0 Å². The molecule has 0 unspecified atom stereocenters. The molecule has 2 rings (SSSR count). The van der Waals surface area contributed by atoms with Gasteiger partial charge in [-0.1, -0.05) is 17.4 Å². The second kappa shape index (κ2) is 6.33. The summed E-state index contributed by atoms with van der Waals surface area (Å²) < 4.78 is 5.15. The molecule has 7 heteroatoms. The van der Waals surface area contributed by atoms with E-state index in [4.69, 9.17) is 4.74 Å². The van der Waals surface area contributed by atoms with Crippen LogP contribution in [-0.2, 0) is 0 Å². The minimum Gasteiger partial charge on any atom is -0.497 e. The molecule has 106 valence electrons.